The first-order valence-corrected chi connectivity index (χ1v) is 12.0. The number of Topliss-reactive ketones (excluding diaryl/α,β-unsaturated/α-hetero) is 1. The molecule has 0 saturated heterocycles. The van der Waals surface area contributed by atoms with Crippen molar-refractivity contribution in [2.75, 3.05) is 0 Å². The average Bonchev–Trinajstić information content (AvgIpc) is 3.58. The van der Waals surface area contributed by atoms with E-state index in [0.29, 0.717) is 12.2 Å². The highest BCUT2D eigenvalue weighted by molar-refractivity contribution is 6.05. The Bertz CT molecular complexity index is 1760. The Hall–Kier alpha value is -3.71. The van der Waals surface area contributed by atoms with Crippen LogP contribution in [0.5, 0.6) is 0 Å². The number of fused-ring (bicyclic) bond motifs is 7. The van der Waals surface area contributed by atoms with Crippen molar-refractivity contribution in [1.82, 2.24) is 0 Å². The van der Waals surface area contributed by atoms with Crippen LogP contribution < -0.4 is 10.4 Å². The maximum absolute atomic E-state index is 13.6. The minimum atomic E-state index is -0.142. The summed E-state index contributed by atoms with van der Waals surface area (Å²) in [4.78, 5) is 13.6. The molecule has 0 heterocycles. The van der Waals surface area contributed by atoms with Gasteiger partial charge in [0.25, 0.3) is 0 Å². The predicted octanol–water partition coefficient (Wildman–Crippen LogP) is 5.10. The van der Waals surface area contributed by atoms with E-state index in [9.17, 15) is 4.79 Å². The molecule has 0 radical (unpaired) electrons. The van der Waals surface area contributed by atoms with Crippen molar-refractivity contribution in [3.05, 3.63) is 132 Å². The summed E-state index contributed by atoms with van der Waals surface area (Å²) in [6.07, 6.45) is 19.5. The van der Waals surface area contributed by atoms with Crippen LogP contribution in [-0.2, 0) is 4.79 Å². The van der Waals surface area contributed by atoms with E-state index < -0.39 is 0 Å². The number of ketones is 1. The Morgan fingerprint density at radius 3 is 2.73 bits per heavy atom. The van der Waals surface area contributed by atoms with Crippen LogP contribution in [-0.4, -0.2) is 5.78 Å². The molecule has 156 valence electrons. The van der Waals surface area contributed by atoms with Gasteiger partial charge >= 0.3 is 0 Å². The van der Waals surface area contributed by atoms with Crippen LogP contribution in [0.25, 0.3) is 17.7 Å². The molecule has 0 aromatic heterocycles. The lowest BCUT2D eigenvalue weighted by atomic mass is 9.77. The van der Waals surface area contributed by atoms with Gasteiger partial charge in [-0.15, -0.1) is 0 Å². The maximum atomic E-state index is 13.6. The molecule has 2 aromatic carbocycles. The standard InChI is InChI=1S/C32H22O/c33-29-17-21-11-13-25-23-8-4-2-6-20(23)16-28(25)31(21)32(29)26-14-10-18-9-12-24-22-7-3-1-5-19(22)15-27(24)30(18)26/h1-7,9-10,12,14-16,32H,8,11,13,17H2. The summed E-state index contributed by atoms with van der Waals surface area (Å²) in [5.74, 6) is 0.228. The van der Waals surface area contributed by atoms with Crippen molar-refractivity contribution in [1.29, 1.82) is 0 Å². The minimum absolute atomic E-state index is 0.142. The minimum Gasteiger partial charge on any atom is -0.298 e. The van der Waals surface area contributed by atoms with Crippen molar-refractivity contribution >= 4 is 23.5 Å². The second-order valence-corrected chi connectivity index (χ2v) is 9.87. The second-order valence-electron chi connectivity index (χ2n) is 9.87. The van der Waals surface area contributed by atoms with Gasteiger partial charge in [-0.25, -0.2) is 0 Å². The van der Waals surface area contributed by atoms with Gasteiger partial charge in [-0.2, -0.15) is 0 Å². The van der Waals surface area contributed by atoms with Crippen molar-refractivity contribution in [3.63, 3.8) is 0 Å². The van der Waals surface area contributed by atoms with Crippen LogP contribution in [0.4, 0.5) is 0 Å². The molecule has 0 N–H and O–H groups in total. The van der Waals surface area contributed by atoms with Gasteiger partial charge in [0.1, 0.15) is 5.78 Å². The van der Waals surface area contributed by atoms with Crippen molar-refractivity contribution < 1.29 is 4.79 Å². The van der Waals surface area contributed by atoms with Gasteiger partial charge in [0.15, 0.2) is 0 Å². The van der Waals surface area contributed by atoms with Crippen LogP contribution in [0, 0.1) is 16.4 Å². The maximum Gasteiger partial charge on any atom is 0.148 e. The molecule has 0 saturated carbocycles. The molecular weight excluding hydrogens is 400 g/mol. The summed E-state index contributed by atoms with van der Waals surface area (Å²) >= 11 is 0. The van der Waals surface area contributed by atoms with Crippen molar-refractivity contribution in [2.24, 2.45) is 5.92 Å². The van der Waals surface area contributed by atoms with E-state index in [4.69, 9.17) is 0 Å². The Morgan fingerprint density at radius 2 is 1.76 bits per heavy atom. The van der Waals surface area contributed by atoms with E-state index in [1.165, 1.54) is 71.0 Å². The van der Waals surface area contributed by atoms with Crippen LogP contribution in [0.3, 0.4) is 0 Å². The molecule has 0 amide bonds. The molecule has 1 unspecified atom stereocenters. The molecule has 1 nitrogen and oxygen atoms in total. The third-order valence-corrected chi connectivity index (χ3v) is 8.29. The van der Waals surface area contributed by atoms with E-state index in [1.54, 1.807) is 0 Å². The van der Waals surface area contributed by atoms with E-state index in [-0.39, 0.29) is 5.92 Å². The zero-order valence-electron chi connectivity index (χ0n) is 18.3. The normalized spacial score (nSPS) is 23.1. The molecule has 6 aliphatic rings. The fourth-order valence-corrected chi connectivity index (χ4v) is 6.90. The summed E-state index contributed by atoms with van der Waals surface area (Å²) in [6, 6.07) is 13.1. The zero-order valence-corrected chi connectivity index (χ0v) is 18.3. The van der Waals surface area contributed by atoms with E-state index in [2.05, 4.69) is 78.9 Å². The molecular formula is C32H22O. The number of benzene rings is 2. The van der Waals surface area contributed by atoms with Crippen LogP contribution in [0.15, 0.2) is 100 Å². The first-order valence-electron chi connectivity index (χ1n) is 12.0. The van der Waals surface area contributed by atoms with Gasteiger partial charge in [-0.05, 0) is 96.9 Å². The Kier molecular flexibility index (Phi) is 3.34. The summed E-state index contributed by atoms with van der Waals surface area (Å²) in [5.41, 5.74) is 12.1. The lowest BCUT2D eigenvalue weighted by molar-refractivity contribution is -0.118. The number of rotatable bonds is 1. The van der Waals surface area contributed by atoms with Crippen LogP contribution in [0.1, 0.15) is 36.8 Å². The highest BCUT2D eigenvalue weighted by Crippen LogP contribution is 2.53. The molecule has 1 atom stereocenters. The average molecular weight is 423 g/mol. The smallest absolute Gasteiger partial charge is 0.148 e. The first-order chi connectivity index (χ1) is 16.3. The van der Waals surface area contributed by atoms with Gasteiger partial charge < -0.3 is 0 Å². The van der Waals surface area contributed by atoms with E-state index >= 15 is 0 Å². The van der Waals surface area contributed by atoms with Gasteiger partial charge in [-0.1, -0.05) is 72.4 Å². The number of carbonyl (C=O) groups is 1. The Balaban J connectivity index is 1.33. The third kappa shape index (κ3) is 2.25. The van der Waals surface area contributed by atoms with Gasteiger partial charge in [0, 0.05) is 6.42 Å². The fraction of sp³-hybridized carbons (Fsp3) is 0.156. The molecule has 1 heteroatoms. The van der Waals surface area contributed by atoms with E-state index in [1.807, 2.05) is 0 Å². The first kappa shape index (κ1) is 17.8. The summed E-state index contributed by atoms with van der Waals surface area (Å²) in [6.45, 7) is 0. The number of hydrogen-bond donors (Lipinski definition) is 0. The molecule has 0 bridgehead atoms. The molecule has 33 heavy (non-hydrogen) atoms. The molecule has 0 fully saturated rings. The largest absolute Gasteiger partial charge is 0.298 e. The molecule has 8 rings (SSSR count). The van der Waals surface area contributed by atoms with Crippen LogP contribution in [0.2, 0.25) is 0 Å². The molecule has 2 aromatic rings. The monoisotopic (exact) mass is 422 g/mol. The summed E-state index contributed by atoms with van der Waals surface area (Å²) in [7, 11) is 0. The van der Waals surface area contributed by atoms with Crippen LogP contribution >= 0.6 is 0 Å². The predicted molar refractivity (Wildman–Crippen MR) is 132 cm³/mol. The Labute approximate surface area is 192 Å². The highest BCUT2D eigenvalue weighted by atomic mass is 16.1. The highest BCUT2D eigenvalue weighted by Gasteiger charge is 2.43. The number of carbonyl (C=O) groups excluding carboxylic acids is 1. The van der Waals surface area contributed by atoms with Gasteiger partial charge in [0.05, 0.1) is 5.92 Å². The van der Waals surface area contributed by atoms with Crippen molar-refractivity contribution in [3.8, 4) is 0 Å². The van der Waals surface area contributed by atoms with Crippen molar-refractivity contribution in [2.45, 2.75) is 25.7 Å². The Morgan fingerprint density at radius 1 is 0.818 bits per heavy atom. The number of allylic oxidation sites excluding steroid dienone is 12. The molecule has 0 aliphatic heterocycles. The quantitative estimate of drug-likeness (QED) is 0.534. The molecule has 6 aliphatic carbocycles. The lowest BCUT2D eigenvalue weighted by Crippen LogP contribution is -2.18. The van der Waals surface area contributed by atoms with E-state index in [0.717, 1.165) is 19.3 Å². The van der Waals surface area contributed by atoms with Gasteiger partial charge in [-0.3, -0.25) is 4.79 Å². The summed E-state index contributed by atoms with van der Waals surface area (Å²) < 4.78 is 0. The molecule has 0 spiro atoms. The summed E-state index contributed by atoms with van der Waals surface area (Å²) in [5, 5.41) is 5.10. The van der Waals surface area contributed by atoms with Gasteiger partial charge in [0.2, 0.25) is 0 Å². The fourth-order valence-electron chi connectivity index (χ4n) is 6.90. The SMILES string of the molecule is O=C1CC2=C(C3=CC4=CC=CCC4=C3CC2)C1C1=CC=c2ccc3c(c21)C=c1ccccc1=3. The lowest BCUT2D eigenvalue weighted by Gasteiger charge is -2.25. The second kappa shape index (κ2) is 6.20. The zero-order chi connectivity index (χ0) is 21.7. The topological polar surface area (TPSA) is 17.1 Å². The third-order valence-electron chi connectivity index (χ3n) is 8.29. The number of hydrogen-bond acceptors (Lipinski definition) is 1.